The number of anilines is 1. The summed E-state index contributed by atoms with van der Waals surface area (Å²) in [5, 5.41) is 12.9. The standard InChI is InChI=1S/C31H40N2O4/c1-4-10-23(22-30(34)32-27-13-7-8-14-29(27)37-20-9-15-31(35)36)24-16-17-28-25(21-24)18-19-33(28)26(11-5-2)12-6-3/h7-8,13-14,16-19,21-22,26H,4-6,9-12,15,20H2,1-3H3,(H,32,34)(H,35,36)/b23-22-. The van der Waals surface area contributed by atoms with Gasteiger partial charge in [0, 0.05) is 35.6 Å². The van der Waals surface area contributed by atoms with E-state index in [0.717, 1.165) is 36.8 Å². The highest BCUT2D eigenvalue weighted by atomic mass is 16.5. The number of para-hydroxylation sites is 2. The smallest absolute Gasteiger partial charge is 0.303 e. The Balaban J connectivity index is 1.79. The zero-order valence-corrected chi connectivity index (χ0v) is 22.3. The lowest BCUT2D eigenvalue weighted by Crippen LogP contribution is -2.11. The minimum Gasteiger partial charge on any atom is -0.491 e. The van der Waals surface area contributed by atoms with E-state index >= 15 is 0 Å². The number of carboxylic acids is 1. The second-order valence-corrected chi connectivity index (χ2v) is 9.48. The SMILES string of the molecule is CCC/C(=C/C(=O)Nc1ccccc1OCCCC(=O)O)c1ccc2c(ccn2C(CCC)CCC)c1. The number of amides is 1. The van der Waals surface area contributed by atoms with Crippen molar-refractivity contribution in [3.8, 4) is 5.75 Å². The summed E-state index contributed by atoms with van der Waals surface area (Å²) in [6.07, 6.45) is 10.7. The number of aliphatic carboxylic acids is 1. The van der Waals surface area contributed by atoms with E-state index in [2.05, 4.69) is 61.1 Å². The lowest BCUT2D eigenvalue weighted by Gasteiger charge is -2.19. The number of carboxylic acid groups (broad SMARTS) is 1. The van der Waals surface area contributed by atoms with Crippen molar-refractivity contribution in [1.82, 2.24) is 4.57 Å². The summed E-state index contributed by atoms with van der Waals surface area (Å²) in [5.41, 5.74) is 3.86. The van der Waals surface area contributed by atoms with Gasteiger partial charge in [-0.05, 0) is 67.2 Å². The molecule has 0 radical (unpaired) electrons. The third-order valence-electron chi connectivity index (χ3n) is 6.49. The molecule has 1 amide bonds. The molecule has 1 heterocycles. The number of allylic oxidation sites excluding steroid dienone is 1. The van der Waals surface area contributed by atoms with Crippen molar-refractivity contribution < 1.29 is 19.4 Å². The molecule has 0 fully saturated rings. The van der Waals surface area contributed by atoms with Gasteiger partial charge < -0.3 is 19.7 Å². The molecule has 0 spiro atoms. The Morgan fingerprint density at radius 1 is 1.00 bits per heavy atom. The average molecular weight is 505 g/mol. The highest BCUT2D eigenvalue weighted by Crippen LogP contribution is 2.30. The van der Waals surface area contributed by atoms with Crippen molar-refractivity contribution in [2.75, 3.05) is 11.9 Å². The van der Waals surface area contributed by atoms with Crippen molar-refractivity contribution in [3.63, 3.8) is 0 Å². The van der Waals surface area contributed by atoms with Gasteiger partial charge in [-0.25, -0.2) is 0 Å². The molecule has 0 saturated heterocycles. The number of nitrogens with zero attached hydrogens (tertiary/aromatic N) is 1. The van der Waals surface area contributed by atoms with E-state index in [1.54, 1.807) is 18.2 Å². The summed E-state index contributed by atoms with van der Waals surface area (Å²) in [4.78, 5) is 23.8. The summed E-state index contributed by atoms with van der Waals surface area (Å²) in [5.74, 6) is -0.535. The van der Waals surface area contributed by atoms with E-state index in [-0.39, 0.29) is 18.9 Å². The van der Waals surface area contributed by atoms with Crippen LogP contribution in [-0.2, 0) is 9.59 Å². The third kappa shape index (κ3) is 7.97. The van der Waals surface area contributed by atoms with Crippen LogP contribution in [0.4, 0.5) is 5.69 Å². The zero-order valence-electron chi connectivity index (χ0n) is 22.3. The fourth-order valence-corrected chi connectivity index (χ4v) is 4.77. The van der Waals surface area contributed by atoms with Crippen LogP contribution in [0.2, 0.25) is 0 Å². The Labute approximate surface area is 220 Å². The predicted molar refractivity (Wildman–Crippen MR) is 151 cm³/mol. The molecule has 0 saturated carbocycles. The van der Waals surface area contributed by atoms with Gasteiger partial charge in [0.15, 0.2) is 0 Å². The highest BCUT2D eigenvalue weighted by Gasteiger charge is 2.14. The van der Waals surface area contributed by atoms with E-state index in [0.29, 0.717) is 23.9 Å². The van der Waals surface area contributed by atoms with Gasteiger partial charge >= 0.3 is 5.97 Å². The summed E-state index contributed by atoms with van der Waals surface area (Å²) < 4.78 is 8.14. The van der Waals surface area contributed by atoms with Gasteiger partial charge in [-0.3, -0.25) is 9.59 Å². The topological polar surface area (TPSA) is 80.6 Å². The van der Waals surface area contributed by atoms with Crippen molar-refractivity contribution >= 4 is 34.0 Å². The van der Waals surface area contributed by atoms with Crippen LogP contribution in [0.15, 0.2) is 60.8 Å². The average Bonchev–Trinajstić information content (AvgIpc) is 3.30. The Hall–Kier alpha value is -3.54. The van der Waals surface area contributed by atoms with Crippen molar-refractivity contribution in [2.45, 2.75) is 78.2 Å². The van der Waals surface area contributed by atoms with Crippen LogP contribution in [0.5, 0.6) is 5.75 Å². The molecule has 0 unspecified atom stereocenters. The number of rotatable bonds is 15. The third-order valence-corrected chi connectivity index (χ3v) is 6.49. The van der Waals surface area contributed by atoms with E-state index in [9.17, 15) is 9.59 Å². The first-order valence-electron chi connectivity index (χ1n) is 13.5. The second-order valence-electron chi connectivity index (χ2n) is 9.48. The number of hydrogen-bond donors (Lipinski definition) is 2. The Bertz CT molecular complexity index is 1200. The van der Waals surface area contributed by atoms with Gasteiger partial charge in [-0.1, -0.05) is 58.2 Å². The van der Waals surface area contributed by atoms with Crippen LogP contribution in [0.25, 0.3) is 16.5 Å². The monoisotopic (exact) mass is 504 g/mol. The fourth-order valence-electron chi connectivity index (χ4n) is 4.77. The van der Waals surface area contributed by atoms with Crippen molar-refractivity contribution in [2.24, 2.45) is 0 Å². The number of benzene rings is 2. The van der Waals surface area contributed by atoms with Crippen molar-refractivity contribution in [1.29, 1.82) is 0 Å². The molecule has 0 bridgehead atoms. The van der Waals surface area contributed by atoms with E-state index in [1.165, 1.54) is 23.7 Å². The van der Waals surface area contributed by atoms with Crippen LogP contribution in [-0.4, -0.2) is 28.2 Å². The lowest BCUT2D eigenvalue weighted by molar-refractivity contribution is -0.137. The summed E-state index contributed by atoms with van der Waals surface area (Å²) in [7, 11) is 0. The summed E-state index contributed by atoms with van der Waals surface area (Å²) >= 11 is 0. The Kier molecular flexibility index (Phi) is 10.8. The molecule has 6 heteroatoms. The number of carbonyl (C=O) groups is 2. The molecule has 6 nitrogen and oxygen atoms in total. The van der Waals surface area contributed by atoms with Gasteiger partial charge in [0.1, 0.15) is 5.75 Å². The first-order valence-corrected chi connectivity index (χ1v) is 13.5. The van der Waals surface area contributed by atoms with E-state index in [1.807, 2.05) is 12.1 Å². The number of carbonyl (C=O) groups excluding carboxylic acids is 1. The number of ether oxygens (including phenoxy) is 1. The molecule has 2 N–H and O–H groups in total. The molecular weight excluding hydrogens is 464 g/mol. The van der Waals surface area contributed by atoms with Crippen LogP contribution in [0.1, 0.15) is 83.7 Å². The summed E-state index contributed by atoms with van der Waals surface area (Å²) in [6, 6.07) is 16.4. The van der Waals surface area contributed by atoms with E-state index < -0.39 is 5.97 Å². The van der Waals surface area contributed by atoms with Crippen LogP contribution in [0.3, 0.4) is 0 Å². The Morgan fingerprint density at radius 3 is 2.46 bits per heavy atom. The molecule has 3 aromatic rings. The molecule has 3 rings (SSSR count). The predicted octanol–water partition coefficient (Wildman–Crippen LogP) is 7.85. The number of aromatic nitrogens is 1. The van der Waals surface area contributed by atoms with Crippen LogP contribution in [0, 0.1) is 0 Å². The highest BCUT2D eigenvalue weighted by molar-refractivity contribution is 6.05. The summed E-state index contributed by atoms with van der Waals surface area (Å²) in [6.45, 7) is 6.86. The first-order chi connectivity index (χ1) is 18.0. The van der Waals surface area contributed by atoms with Gasteiger partial charge in [0.2, 0.25) is 5.91 Å². The maximum Gasteiger partial charge on any atom is 0.303 e. The van der Waals surface area contributed by atoms with Crippen LogP contribution >= 0.6 is 0 Å². The first kappa shape index (κ1) is 28.0. The van der Waals surface area contributed by atoms with Gasteiger partial charge in [-0.15, -0.1) is 0 Å². The fraction of sp³-hybridized carbons (Fsp3) is 0.419. The molecule has 2 aromatic carbocycles. The molecular formula is C31H40N2O4. The van der Waals surface area contributed by atoms with Crippen LogP contribution < -0.4 is 10.1 Å². The largest absolute Gasteiger partial charge is 0.491 e. The van der Waals surface area contributed by atoms with Gasteiger partial charge in [-0.2, -0.15) is 0 Å². The molecule has 1 aromatic heterocycles. The molecule has 37 heavy (non-hydrogen) atoms. The molecule has 0 aliphatic carbocycles. The minimum atomic E-state index is -0.852. The molecule has 0 atom stereocenters. The number of hydrogen-bond acceptors (Lipinski definition) is 3. The maximum absolute atomic E-state index is 13.0. The second kappa shape index (κ2) is 14.3. The number of nitrogens with one attached hydrogen (secondary N) is 1. The minimum absolute atomic E-state index is 0.0449. The van der Waals surface area contributed by atoms with E-state index in [4.69, 9.17) is 9.84 Å². The zero-order chi connectivity index (χ0) is 26.6. The lowest BCUT2D eigenvalue weighted by atomic mass is 9.99. The van der Waals surface area contributed by atoms with Gasteiger partial charge in [0.25, 0.3) is 0 Å². The number of fused-ring (bicyclic) bond motifs is 1. The van der Waals surface area contributed by atoms with Crippen molar-refractivity contribution in [3.05, 3.63) is 66.4 Å². The molecule has 198 valence electrons. The van der Waals surface area contributed by atoms with Gasteiger partial charge in [0.05, 0.1) is 12.3 Å². The Morgan fingerprint density at radius 2 is 1.76 bits per heavy atom. The quantitative estimate of drug-likeness (QED) is 0.163. The molecule has 0 aliphatic heterocycles. The molecule has 0 aliphatic rings. The normalized spacial score (nSPS) is 11.7. The maximum atomic E-state index is 13.0.